The molecule has 0 heterocycles. The lowest BCUT2D eigenvalue weighted by Gasteiger charge is -2.10. The first-order valence-electron chi connectivity index (χ1n) is 4.20. The van der Waals surface area contributed by atoms with Crippen LogP contribution in [0.5, 0.6) is 5.75 Å². The molecule has 0 fully saturated rings. The number of hydrogen-bond donors (Lipinski definition) is 0. The number of carbonyl (C=O) groups excluding carboxylic acids is 1. The van der Waals surface area contributed by atoms with E-state index < -0.39 is 12.7 Å². The molecule has 1 rings (SSSR count). The Labute approximate surface area is 85.6 Å². The third kappa shape index (κ3) is 3.28. The van der Waals surface area contributed by atoms with E-state index in [1.54, 1.807) is 6.07 Å². The van der Waals surface area contributed by atoms with Crippen LogP contribution in [0.2, 0.25) is 0 Å². The van der Waals surface area contributed by atoms with E-state index in [0.717, 1.165) is 0 Å². The summed E-state index contributed by atoms with van der Waals surface area (Å²) in [6.07, 6.45) is -0.173. The number of carbonyl (C=O) groups is 1. The van der Waals surface area contributed by atoms with Gasteiger partial charge in [0.1, 0.15) is 11.9 Å². The van der Waals surface area contributed by atoms with Gasteiger partial charge in [-0.05, 0) is 17.7 Å². The molecule has 82 valence electrons. The molecule has 1 atom stereocenters. The first-order valence-corrected chi connectivity index (χ1v) is 4.20. The van der Waals surface area contributed by atoms with Crippen molar-refractivity contribution in [2.45, 2.75) is 12.7 Å². The van der Waals surface area contributed by atoms with Crippen molar-refractivity contribution in [3.63, 3.8) is 0 Å². The Morgan fingerprint density at radius 1 is 1.40 bits per heavy atom. The summed E-state index contributed by atoms with van der Waals surface area (Å²) >= 11 is 0. The fourth-order valence-corrected chi connectivity index (χ4v) is 1.14. The first kappa shape index (κ1) is 11.6. The number of aldehydes is 1. The molecule has 0 spiro atoms. The zero-order chi connectivity index (χ0) is 11.3. The smallest absolute Gasteiger partial charge is 0.387 e. The molecule has 1 aromatic carbocycles. The van der Waals surface area contributed by atoms with Crippen LogP contribution >= 0.6 is 0 Å². The highest BCUT2D eigenvalue weighted by atomic mass is 19.3. The van der Waals surface area contributed by atoms with Gasteiger partial charge in [-0.25, -0.2) is 0 Å². The van der Waals surface area contributed by atoms with E-state index in [2.05, 4.69) is 4.74 Å². The molecule has 0 saturated heterocycles. The second-order valence-electron chi connectivity index (χ2n) is 2.74. The van der Waals surface area contributed by atoms with Gasteiger partial charge in [0.25, 0.3) is 0 Å². The second-order valence-corrected chi connectivity index (χ2v) is 2.74. The summed E-state index contributed by atoms with van der Waals surface area (Å²) in [4.78, 5) is 10.6. The SMILES string of the molecule is COC(C=O)c1cccc(OC(F)F)c1. The monoisotopic (exact) mass is 216 g/mol. The molecule has 3 nitrogen and oxygen atoms in total. The third-order valence-corrected chi connectivity index (χ3v) is 1.79. The van der Waals surface area contributed by atoms with Gasteiger partial charge in [0.05, 0.1) is 0 Å². The number of alkyl halides is 2. The maximum Gasteiger partial charge on any atom is 0.387 e. The molecule has 1 aromatic rings. The minimum atomic E-state index is -2.88. The Kier molecular flexibility index (Phi) is 4.17. The quantitative estimate of drug-likeness (QED) is 0.707. The maximum absolute atomic E-state index is 11.9. The van der Waals surface area contributed by atoms with Gasteiger partial charge >= 0.3 is 6.61 Å². The molecular weight excluding hydrogens is 206 g/mol. The van der Waals surface area contributed by atoms with Crippen LogP contribution in [-0.2, 0) is 9.53 Å². The lowest BCUT2D eigenvalue weighted by molar-refractivity contribution is -0.116. The van der Waals surface area contributed by atoms with Crippen molar-refractivity contribution in [1.29, 1.82) is 0 Å². The van der Waals surface area contributed by atoms with Crippen LogP contribution in [0.3, 0.4) is 0 Å². The number of halogens is 2. The van der Waals surface area contributed by atoms with Gasteiger partial charge in [-0.2, -0.15) is 8.78 Å². The summed E-state index contributed by atoms with van der Waals surface area (Å²) in [5.41, 5.74) is 0.477. The molecule has 0 aliphatic rings. The summed E-state index contributed by atoms with van der Waals surface area (Å²) in [6, 6.07) is 5.84. The third-order valence-electron chi connectivity index (χ3n) is 1.79. The Morgan fingerprint density at radius 3 is 2.67 bits per heavy atom. The highest BCUT2D eigenvalue weighted by Gasteiger charge is 2.11. The molecule has 5 heteroatoms. The van der Waals surface area contributed by atoms with Crippen LogP contribution in [0, 0.1) is 0 Å². The average Bonchev–Trinajstić information content (AvgIpc) is 2.19. The summed E-state index contributed by atoms with van der Waals surface area (Å²) in [7, 11) is 1.36. The molecule has 0 saturated carbocycles. The highest BCUT2D eigenvalue weighted by molar-refractivity contribution is 5.60. The van der Waals surface area contributed by atoms with Crippen LogP contribution in [0.25, 0.3) is 0 Å². The molecule has 15 heavy (non-hydrogen) atoms. The molecular formula is C10H10F2O3. The number of hydrogen-bond acceptors (Lipinski definition) is 3. The Bertz CT molecular complexity index is 328. The maximum atomic E-state index is 11.9. The lowest BCUT2D eigenvalue weighted by atomic mass is 10.1. The van der Waals surface area contributed by atoms with Gasteiger partial charge in [0.15, 0.2) is 6.29 Å². The van der Waals surface area contributed by atoms with Gasteiger partial charge in [-0.1, -0.05) is 12.1 Å². The molecule has 0 N–H and O–H groups in total. The van der Waals surface area contributed by atoms with E-state index in [1.807, 2.05) is 0 Å². The van der Waals surface area contributed by atoms with Crippen molar-refractivity contribution < 1.29 is 23.0 Å². The van der Waals surface area contributed by atoms with Crippen LogP contribution in [0.4, 0.5) is 8.78 Å². The molecule has 0 radical (unpaired) electrons. The van der Waals surface area contributed by atoms with Crippen molar-refractivity contribution in [1.82, 2.24) is 0 Å². The summed E-state index contributed by atoms with van der Waals surface area (Å²) in [5, 5.41) is 0. The Morgan fingerprint density at radius 2 is 2.13 bits per heavy atom. The van der Waals surface area contributed by atoms with E-state index in [0.29, 0.717) is 11.8 Å². The molecule has 0 bridgehead atoms. The van der Waals surface area contributed by atoms with E-state index in [1.165, 1.54) is 25.3 Å². The van der Waals surface area contributed by atoms with Crippen LogP contribution in [-0.4, -0.2) is 20.0 Å². The van der Waals surface area contributed by atoms with E-state index >= 15 is 0 Å². The number of ether oxygens (including phenoxy) is 2. The zero-order valence-corrected chi connectivity index (χ0v) is 8.02. The fourth-order valence-electron chi connectivity index (χ4n) is 1.14. The fraction of sp³-hybridized carbons (Fsp3) is 0.300. The van der Waals surface area contributed by atoms with E-state index in [-0.39, 0.29) is 5.75 Å². The molecule has 0 amide bonds. The van der Waals surface area contributed by atoms with Gasteiger partial charge in [-0.15, -0.1) is 0 Å². The highest BCUT2D eigenvalue weighted by Crippen LogP contribution is 2.21. The number of rotatable bonds is 5. The van der Waals surface area contributed by atoms with Gasteiger partial charge in [-0.3, -0.25) is 0 Å². The minimum Gasteiger partial charge on any atom is -0.435 e. The second kappa shape index (κ2) is 5.41. The summed E-state index contributed by atoms with van der Waals surface area (Å²) < 4.78 is 32.8. The predicted octanol–water partition coefficient (Wildman–Crippen LogP) is 2.17. The van der Waals surface area contributed by atoms with Crippen LogP contribution < -0.4 is 4.74 Å². The van der Waals surface area contributed by atoms with Gasteiger partial charge in [0.2, 0.25) is 0 Å². The van der Waals surface area contributed by atoms with Crippen LogP contribution in [0.15, 0.2) is 24.3 Å². The minimum absolute atomic E-state index is 0.00593. The first-order chi connectivity index (χ1) is 7.17. The van der Waals surface area contributed by atoms with Crippen molar-refractivity contribution in [2.75, 3.05) is 7.11 Å². The Hall–Kier alpha value is -1.49. The standard InChI is InChI=1S/C10H10F2O3/c1-14-9(6-13)7-3-2-4-8(5-7)15-10(11)12/h2-6,9-10H,1H3. The van der Waals surface area contributed by atoms with Crippen molar-refractivity contribution in [3.8, 4) is 5.75 Å². The van der Waals surface area contributed by atoms with Crippen molar-refractivity contribution >= 4 is 6.29 Å². The molecule has 0 aliphatic carbocycles. The zero-order valence-electron chi connectivity index (χ0n) is 8.02. The molecule has 0 aliphatic heterocycles. The van der Waals surface area contributed by atoms with Crippen molar-refractivity contribution in [3.05, 3.63) is 29.8 Å². The van der Waals surface area contributed by atoms with Crippen LogP contribution in [0.1, 0.15) is 11.7 Å². The van der Waals surface area contributed by atoms with E-state index in [9.17, 15) is 13.6 Å². The van der Waals surface area contributed by atoms with Gasteiger partial charge < -0.3 is 14.3 Å². The van der Waals surface area contributed by atoms with E-state index in [4.69, 9.17) is 4.74 Å². The molecule has 0 aromatic heterocycles. The van der Waals surface area contributed by atoms with Crippen molar-refractivity contribution in [2.24, 2.45) is 0 Å². The normalized spacial score (nSPS) is 12.5. The Balaban J connectivity index is 2.86. The largest absolute Gasteiger partial charge is 0.435 e. The average molecular weight is 216 g/mol. The number of benzene rings is 1. The summed E-state index contributed by atoms with van der Waals surface area (Å²) in [6.45, 7) is -2.88. The topological polar surface area (TPSA) is 35.5 Å². The summed E-state index contributed by atoms with van der Waals surface area (Å²) in [5.74, 6) is 0.00593. The predicted molar refractivity (Wildman–Crippen MR) is 48.9 cm³/mol. The number of methoxy groups -OCH3 is 1. The lowest BCUT2D eigenvalue weighted by Crippen LogP contribution is -2.05. The molecule has 1 unspecified atom stereocenters. The van der Waals surface area contributed by atoms with Gasteiger partial charge in [0, 0.05) is 7.11 Å².